The fraction of sp³-hybridized carbons (Fsp3) is 0.500. The Morgan fingerprint density at radius 1 is 1.06 bits per heavy atom. The molecule has 1 saturated heterocycles. The second-order valence-corrected chi connectivity index (χ2v) is 8.99. The van der Waals surface area contributed by atoms with Crippen molar-refractivity contribution in [2.24, 2.45) is 0 Å². The van der Waals surface area contributed by atoms with Gasteiger partial charge in [-0.1, -0.05) is 56.0 Å². The summed E-state index contributed by atoms with van der Waals surface area (Å²) in [5.74, 6) is 7.04. The molecule has 1 heterocycles. The predicted octanol–water partition coefficient (Wildman–Crippen LogP) is 4.49. The standard InChI is InChI=1S/C28H39N3O/c1-5-31(6-2)27-14-17-30(18-15-27)22-26-20-25(19-23(3)28(26)32)13-10-16-29(4)21-24-11-8-7-9-12-24/h7-9,11-12,19-20,27,32H,5-6,14-18,21-22H2,1-4H3. The molecule has 1 aliphatic heterocycles. The molecule has 172 valence electrons. The summed E-state index contributed by atoms with van der Waals surface area (Å²) in [5, 5.41) is 10.7. The summed E-state index contributed by atoms with van der Waals surface area (Å²) in [5.41, 5.74) is 4.18. The van der Waals surface area contributed by atoms with Crippen LogP contribution in [0.5, 0.6) is 5.75 Å². The van der Waals surface area contributed by atoms with E-state index in [1.165, 1.54) is 18.4 Å². The molecule has 0 aromatic heterocycles. The maximum Gasteiger partial charge on any atom is 0.123 e. The molecule has 0 unspecified atom stereocenters. The van der Waals surface area contributed by atoms with Crippen molar-refractivity contribution in [2.45, 2.75) is 52.7 Å². The Labute approximate surface area is 194 Å². The summed E-state index contributed by atoms with van der Waals surface area (Å²) in [6.07, 6.45) is 2.41. The quantitative estimate of drug-likeness (QED) is 0.621. The molecule has 32 heavy (non-hydrogen) atoms. The number of hydrogen-bond donors (Lipinski definition) is 1. The van der Waals surface area contributed by atoms with Gasteiger partial charge in [-0.15, -0.1) is 0 Å². The van der Waals surface area contributed by atoms with Gasteiger partial charge >= 0.3 is 0 Å². The van der Waals surface area contributed by atoms with Gasteiger partial charge in [0.15, 0.2) is 0 Å². The molecule has 4 nitrogen and oxygen atoms in total. The molecule has 1 N–H and O–H groups in total. The van der Waals surface area contributed by atoms with Crippen LogP contribution in [0.1, 0.15) is 48.9 Å². The van der Waals surface area contributed by atoms with Crippen molar-refractivity contribution < 1.29 is 5.11 Å². The number of aryl methyl sites for hydroxylation is 1. The van der Waals surface area contributed by atoms with Crippen LogP contribution >= 0.6 is 0 Å². The Balaban J connectivity index is 1.59. The molecule has 2 aromatic rings. The topological polar surface area (TPSA) is 30.0 Å². The highest BCUT2D eigenvalue weighted by Gasteiger charge is 2.23. The normalized spacial score (nSPS) is 15.2. The van der Waals surface area contributed by atoms with Crippen molar-refractivity contribution in [3.05, 3.63) is 64.7 Å². The molecular formula is C28H39N3O. The van der Waals surface area contributed by atoms with E-state index in [9.17, 15) is 5.11 Å². The average Bonchev–Trinajstić information content (AvgIpc) is 2.79. The van der Waals surface area contributed by atoms with Gasteiger partial charge in [0.05, 0.1) is 6.54 Å². The smallest absolute Gasteiger partial charge is 0.123 e. The minimum Gasteiger partial charge on any atom is -0.507 e. The second kappa shape index (κ2) is 12.1. The van der Waals surface area contributed by atoms with Gasteiger partial charge in [0, 0.05) is 30.3 Å². The zero-order valence-corrected chi connectivity index (χ0v) is 20.3. The number of benzene rings is 2. The number of hydrogen-bond acceptors (Lipinski definition) is 4. The van der Waals surface area contributed by atoms with Crippen LogP contribution in [0, 0.1) is 18.8 Å². The van der Waals surface area contributed by atoms with Crippen LogP contribution in [-0.2, 0) is 13.1 Å². The number of piperidine rings is 1. The molecule has 3 rings (SSSR count). The van der Waals surface area contributed by atoms with Crippen LogP contribution in [0.2, 0.25) is 0 Å². The van der Waals surface area contributed by atoms with Crippen molar-refractivity contribution in [1.82, 2.24) is 14.7 Å². The van der Waals surface area contributed by atoms with Gasteiger partial charge in [0.2, 0.25) is 0 Å². The number of phenolic OH excluding ortho intramolecular Hbond substituents is 1. The number of rotatable bonds is 8. The number of nitrogens with zero attached hydrogens (tertiary/aromatic N) is 3. The van der Waals surface area contributed by atoms with Gasteiger partial charge in [-0.2, -0.15) is 0 Å². The summed E-state index contributed by atoms with van der Waals surface area (Å²) < 4.78 is 0. The second-order valence-electron chi connectivity index (χ2n) is 8.99. The number of phenols is 1. The monoisotopic (exact) mass is 433 g/mol. The Morgan fingerprint density at radius 2 is 1.75 bits per heavy atom. The van der Waals surface area contributed by atoms with Crippen LogP contribution in [0.4, 0.5) is 0 Å². The van der Waals surface area contributed by atoms with E-state index in [2.05, 4.69) is 77.8 Å². The van der Waals surface area contributed by atoms with Gasteiger partial charge in [-0.25, -0.2) is 0 Å². The molecule has 1 fully saturated rings. The highest BCUT2D eigenvalue weighted by atomic mass is 16.3. The van der Waals surface area contributed by atoms with Gasteiger partial charge in [0.25, 0.3) is 0 Å². The molecule has 0 aliphatic carbocycles. The van der Waals surface area contributed by atoms with Crippen molar-refractivity contribution in [3.8, 4) is 17.6 Å². The number of likely N-dealkylation sites (tertiary alicyclic amines) is 1. The minimum atomic E-state index is 0.419. The van der Waals surface area contributed by atoms with Crippen molar-refractivity contribution in [1.29, 1.82) is 0 Å². The molecule has 0 radical (unpaired) electrons. The van der Waals surface area contributed by atoms with Crippen molar-refractivity contribution in [2.75, 3.05) is 39.8 Å². The molecular weight excluding hydrogens is 394 g/mol. The van der Waals surface area contributed by atoms with Gasteiger partial charge < -0.3 is 10.0 Å². The third-order valence-corrected chi connectivity index (χ3v) is 6.54. The summed E-state index contributed by atoms with van der Waals surface area (Å²) >= 11 is 0. The van der Waals surface area contributed by atoms with Gasteiger partial charge in [-0.05, 0) is 76.3 Å². The van der Waals surface area contributed by atoms with E-state index in [0.717, 1.165) is 56.0 Å². The first-order valence-corrected chi connectivity index (χ1v) is 12.0. The molecule has 0 amide bonds. The molecule has 0 spiro atoms. The largest absolute Gasteiger partial charge is 0.507 e. The van der Waals surface area contributed by atoms with Crippen LogP contribution in [0.25, 0.3) is 0 Å². The van der Waals surface area contributed by atoms with Gasteiger partial charge in [0.1, 0.15) is 5.75 Å². The summed E-state index contributed by atoms with van der Waals surface area (Å²) in [7, 11) is 2.09. The van der Waals surface area contributed by atoms with Gasteiger partial charge in [-0.3, -0.25) is 9.80 Å². The maximum absolute atomic E-state index is 10.7. The van der Waals surface area contributed by atoms with Crippen molar-refractivity contribution >= 4 is 0 Å². The minimum absolute atomic E-state index is 0.419. The highest BCUT2D eigenvalue weighted by molar-refractivity contribution is 5.48. The fourth-order valence-corrected chi connectivity index (χ4v) is 4.70. The third kappa shape index (κ3) is 6.84. The Bertz CT molecular complexity index is 904. The van der Waals surface area contributed by atoms with E-state index >= 15 is 0 Å². The number of aromatic hydroxyl groups is 1. The first-order valence-electron chi connectivity index (χ1n) is 12.0. The maximum atomic E-state index is 10.7. The van der Waals surface area contributed by atoms with E-state index < -0.39 is 0 Å². The molecule has 0 bridgehead atoms. The highest BCUT2D eigenvalue weighted by Crippen LogP contribution is 2.27. The van der Waals surface area contributed by atoms with Crippen LogP contribution in [0.15, 0.2) is 42.5 Å². The SMILES string of the molecule is CCN(CC)C1CCN(Cc2cc(C#CCN(C)Cc3ccccc3)cc(C)c2O)CC1. The van der Waals surface area contributed by atoms with E-state index in [1.807, 2.05) is 19.1 Å². The fourth-order valence-electron chi connectivity index (χ4n) is 4.70. The Kier molecular flexibility index (Phi) is 9.17. The first-order chi connectivity index (χ1) is 15.5. The van der Waals surface area contributed by atoms with E-state index in [-0.39, 0.29) is 0 Å². The Morgan fingerprint density at radius 3 is 2.41 bits per heavy atom. The third-order valence-electron chi connectivity index (χ3n) is 6.54. The summed E-state index contributed by atoms with van der Waals surface area (Å²) in [4.78, 5) is 7.26. The average molecular weight is 434 g/mol. The zero-order chi connectivity index (χ0) is 22.9. The molecule has 1 aliphatic rings. The molecule has 2 aromatic carbocycles. The summed E-state index contributed by atoms with van der Waals surface area (Å²) in [6.45, 7) is 13.3. The first kappa shape index (κ1) is 24.3. The lowest BCUT2D eigenvalue weighted by Gasteiger charge is -2.37. The van der Waals surface area contributed by atoms with E-state index in [0.29, 0.717) is 18.3 Å². The van der Waals surface area contributed by atoms with E-state index in [1.54, 1.807) is 0 Å². The summed E-state index contributed by atoms with van der Waals surface area (Å²) in [6, 6.07) is 15.2. The van der Waals surface area contributed by atoms with Crippen LogP contribution in [0.3, 0.4) is 0 Å². The van der Waals surface area contributed by atoms with E-state index in [4.69, 9.17) is 0 Å². The van der Waals surface area contributed by atoms with Crippen LogP contribution in [-0.4, -0.2) is 65.6 Å². The predicted molar refractivity (Wildman–Crippen MR) is 134 cm³/mol. The molecule has 0 atom stereocenters. The Hall–Kier alpha value is -2.32. The molecule has 0 saturated carbocycles. The zero-order valence-electron chi connectivity index (χ0n) is 20.3. The molecule has 4 heteroatoms. The lowest BCUT2D eigenvalue weighted by Crippen LogP contribution is -2.44. The lowest BCUT2D eigenvalue weighted by molar-refractivity contribution is 0.112. The van der Waals surface area contributed by atoms with Crippen molar-refractivity contribution in [3.63, 3.8) is 0 Å². The van der Waals surface area contributed by atoms with Crippen LogP contribution < -0.4 is 0 Å². The lowest BCUT2D eigenvalue weighted by atomic mass is 10.0.